The Hall–Kier alpha value is -2.14. The first kappa shape index (κ1) is 16.7. The molecule has 0 N–H and O–H groups in total. The van der Waals surface area contributed by atoms with E-state index in [0.717, 1.165) is 22.6 Å². The van der Waals surface area contributed by atoms with E-state index in [4.69, 9.17) is 9.26 Å². The van der Waals surface area contributed by atoms with Crippen LogP contribution < -0.4 is 0 Å². The Labute approximate surface area is 142 Å². The van der Waals surface area contributed by atoms with E-state index in [0.29, 0.717) is 25.9 Å². The van der Waals surface area contributed by atoms with Gasteiger partial charge in [-0.1, -0.05) is 35.5 Å². The second kappa shape index (κ2) is 7.18. The Morgan fingerprint density at radius 3 is 2.67 bits per heavy atom. The highest BCUT2D eigenvalue weighted by molar-refractivity contribution is 5.76. The summed E-state index contributed by atoms with van der Waals surface area (Å²) >= 11 is 0. The number of amides is 1. The van der Waals surface area contributed by atoms with E-state index in [1.165, 1.54) is 0 Å². The van der Waals surface area contributed by atoms with Gasteiger partial charge in [0.2, 0.25) is 5.91 Å². The number of aromatic nitrogens is 1. The van der Waals surface area contributed by atoms with Crippen LogP contribution >= 0.6 is 0 Å². The van der Waals surface area contributed by atoms with Crippen molar-refractivity contribution >= 4 is 5.91 Å². The summed E-state index contributed by atoms with van der Waals surface area (Å²) in [4.78, 5) is 14.6. The van der Waals surface area contributed by atoms with E-state index in [-0.39, 0.29) is 18.1 Å². The second-order valence-electron chi connectivity index (χ2n) is 6.45. The highest BCUT2D eigenvalue weighted by atomic mass is 16.5. The summed E-state index contributed by atoms with van der Waals surface area (Å²) in [5, 5.41) is 3.95. The zero-order chi connectivity index (χ0) is 17.1. The van der Waals surface area contributed by atoms with Crippen molar-refractivity contribution in [2.45, 2.75) is 45.8 Å². The van der Waals surface area contributed by atoms with Gasteiger partial charge in [-0.25, -0.2) is 0 Å². The lowest BCUT2D eigenvalue weighted by Crippen LogP contribution is -2.46. The van der Waals surface area contributed by atoms with Crippen LogP contribution in [-0.4, -0.2) is 35.2 Å². The quantitative estimate of drug-likeness (QED) is 0.865. The minimum absolute atomic E-state index is 0.0342. The molecule has 1 fully saturated rings. The predicted molar refractivity (Wildman–Crippen MR) is 90.6 cm³/mol. The Kier molecular flexibility index (Phi) is 5.00. The number of ether oxygens (including phenoxy) is 1. The molecule has 2 aromatic rings. The van der Waals surface area contributed by atoms with Gasteiger partial charge in [-0.05, 0) is 32.8 Å². The minimum atomic E-state index is -0.0574. The Balaban J connectivity index is 1.64. The van der Waals surface area contributed by atoms with Crippen LogP contribution in [-0.2, 0) is 16.0 Å². The molecule has 3 rings (SSSR count). The Morgan fingerprint density at radius 2 is 2.00 bits per heavy atom. The maximum absolute atomic E-state index is 12.7. The fraction of sp³-hybridized carbons (Fsp3) is 0.474. The molecule has 0 radical (unpaired) electrons. The number of carbonyl (C=O) groups is 1. The topological polar surface area (TPSA) is 55.6 Å². The highest BCUT2D eigenvalue weighted by Gasteiger charge is 2.29. The number of morpholine rings is 1. The number of nitrogens with zero attached hydrogens (tertiary/aromatic N) is 2. The molecule has 24 heavy (non-hydrogen) atoms. The summed E-state index contributed by atoms with van der Waals surface area (Å²) in [7, 11) is 0. The third-order valence-corrected chi connectivity index (χ3v) is 4.55. The maximum atomic E-state index is 12.7. The standard InChI is InChI=1S/C19H24N2O3/c1-13-11-21(12-18(23-13)16-7-5-4-6-8-16)19(22)10-9-17-14(2)20-24-15(17)3/h4-8,13,18H,9-12H2,1-3H3/t13-,18+/m0/s1. The molecule has 0 aliphatic carbocycles. The van der Waals surface area contributed by atoms with Crippen molar-refractivity contribution in [3.05, 3.63) is 52.9 Å². The maximum Gasteiger partial charge on any atom is 0.223 e. The molecule has 1 saturated heterocycles. The van der Waals surface area contributed by atoms with Gasteiger partial charge in [0.05, 0.1) is 18.3 Å². The van der Waals surface area contributed by atoms with E-state index < -0.39 is 0 Å². The molecule has 1 aromatic carbocycles. The zero-order valence-corrected chi connectivity index (χ0v) is 14.5. The molecule has 1 aromatic heterocycles. The van der Waals surface area contributed by atoms with Gasteiger partial charge in [-0.3, -0.25) is 4.79 Å². The summed E-state index contributed by atoms with van der Waals surface area (Å²) in [5.74, 6) is 0.962. The molecular formula is C19H24N2O3. The lowest BCUT2D eigenvalue weighted by Gasteiger charge is -2.37. The van der Waals surface area contributed by atoms with E-state index in [1.54, 1.807) is 0 Å². The molecule has 1 aliphatic rings. The summed E-state index contributed by atoms with van der Waals surface area (Å²) in [6, 6.07) is 10.1. The van der Waals surface area contributed by atoms with E-state index in [9.17, 15) is 4.79 Å². The first-order chi connectivity index (χ1) is 11.5. The van der Waals surface area contributed by atoms with Gasteiger partial charge in [0.15, 0.2) is 0 Å². The van der Waals surface area contributed by atoms with Gasteiger partial charge in [0.1, 0.15) is 11.9 Å². The van der Waals surface area contributed by atoms with Gasteiger partial charge in [0, 0.05) is 18.5 Å². The molecule has 128 valence electrons. The predicted octanol–water partition coefficient (Wildman–Crippen LogP) is 3.21. The van der Waals surface area contributed by atoms with Crippen LogP contribution in [0.25, 0.3) is 0 Å². The summed E-state index contributed by atoms with van der Waals surface area (Å²) in [6.45, 7) is 7.07. The lowest BCUT2D eigenvalue weighted by molar-refractivity contribution is -0.144. The van der Waals surface area contributed by atoms with Crippen molar-refractivity contribution in [3.63, 3.8) is 0 Å². The summed E-state index contributed by atoms with van der Waals surface area (Å²) in [5.41, 5.74) is 3.04. The molecule has 1 amide bonds. The first-order valence-corrected chi connectivity index (χ1v) is 8.44. The second-order valence-corrected chi connectivity index (χ2v) is 6.45. The van der Waals surface area contributed by atoms with Gasteiger partial charge in [-0.2, -0.15) is 0 Å². The van der Waals surface area contributed by atoms with Crippen molar-refractivity contribution in [1.82, 2.24) is 10.1 Å². The fourth-order valence-corrected chi connectivity index (χ4v) is 3.26. The van der Waals surface area contributed by atoms with Crippen LogP contribution in [0.3, 0.4) is 0 Å². The monoisotopic (exact) mass is 328 g/mol. The van der Waals surface area contributed by atoms with Crippen LogP contribution in [0.15, 0.2) is 34.9 Å². The minimum Gasteiger partial charge on any atom is -0.367 e. The molecular weight excluding hydrogens is 304 g/mol. The Bertz CT molecular complexity index is 676. The Morgan fingerprint density at radius 1 is 1.25 bits per heavy atom. The van der Waals surface area contributed by atoms with Crippen molar-refractivity contribution in [3.8, 4) is 0 Å². The first-order valence-electron chi connectivity index (χ1n) is 8.44. The largest absolute Gasteiger partial charge is 0.367 e. The molecule has 0 unspecified atom stereocenters. The fourth-order valence-electron chi connectivity index (χ4n) is 3.26. The molecule has 0 saturated carbocycles. The van der Waals surface area contributed by atoms with Gasteiger partial charge >= 0.3 is 0 Å². The molecule has 5 heteroatoms. The molecule has 2 heterocycles. The lowest BCUT2D eigenvalue weighted by atomic mass is 10.0. The van der Waals surface area contributed by atoms with E-state index in [2.05, 4.69) is 17.3 Å². The number of benzene rings is 1. The number of carbonyl (C=O) groups excluding carboxylic acids is 1. The van der Waals surface area contributed by atoms with Crippen LogP contribution in [0.1, 0.15) is 42.0 Å². The number of hydrogen-bond donors (Lipinski definition) is 0. The van der Waals surface area contributed by atoms with Crippen LogP contribution in [0.4, 0.5) is 0 Å². The molecule has 1 aliphatic heterocycles. The van der Waals surface area contributed by atoms with E-state index in [1.807, 2.05) is 43.9 Å². The van der Waals surface area contributed by atoms with E-state index >= 15 is 0 Å². The summed E-state index contributed by atoms with van der Waals surface area (Å²) in [6.07, 6.45) is 1.11. The molecule has 0 spiro atoms. The SMILES string of the molecule is Cc1noc(C)c1CCC(=O)N1C[C@H](C)O[C@@H](c2ccccc2)C1. The average molecular weight is 328 g/mol. The number of rotatable bonds is 4. The molecule has 2 atom stereocenters. The van der Waals surface area contributed by atoms with Crippen molar-refractivity contribution in [1.29, 1.82) is 0 Å². The average Bonchev–Trinajstić information content (AvgIpc) is 2.91. The highest BCUT2D eigenvalue weighted by Crippen LogP contribution is 2.26. The van der Waals surface area contributed by atoms with Gasteiger partial charge < -0.3 is 14.2 Å². The third-order valence-electron chi connectivity index (χ3n) is 4.55. The number of aryl methyl sites for hydroxylation is 2. The number of hydrogen-bond acceptors (Lipinski definition) is 4. The summed E-state index contributed by atoms with van der Waals surface area (Å²) < 4.78 is 11.2. The van der Waals surface area contributed by atoms with Crippen LogP contribution in [0.5, 0.6) is 0 Å². The molecule has 5 nitrogen and oxygen atoms in total. The van der Waals surface area contributed by atoms with Gasteiger partial charge in [-0.15, -0.1) is 0 Å². The third kappa shape index (κ3) is 3.67. The van der Waals surface area contributed by atoms with Gasteiger partial charge in [0.25, 0.3) is 0 Å². The smallest absolute Gasteiger partial charge is 0.223 e. The van der Waals surface area contributed by atoms with Crippen LogP contribution in [0.2, 0.25) is 0 Å². The van der Waals surface area contributed by atoms with Crippen molar-refractivity contribution in [2.24, 2.45) is 0 Å². The van der Waals surface area contributed by atoms with Crippen molar-refractivity contribution < 1.29 is 14.1 Å². The molecule has 0 bridgehead atoms. The van der Waals surface area contributed by atoms with Crippen LogP contribution in [0, 0.1) is 13.8 Å². The van der Waals surface area contributed by atoms with Crippen molar-refractivity contribution in [2.75, 3.05) is 13.1 Å². The normalized spacial score (nSPS) is 21.0. The zero-order valence-electron chi connectivity index (χ0n) is 14.5.